The van der Waals surface area contributed by atoms with Crippen LogP contribution in [-0.4, -0.2) is 42.5 Å². The normalized spacial score (nSPS) is 20.3. The second-order valence-electron chi connectivity index (χ2n) is 7.15. The number of nitrogens with zero attached hydrogens (tertiary/aromatic N) is 1. The number of carbonyl (C=O) groups is 2. The van der Waals surface area contributed by atoms with E-state index in [0.717, 1.165) is 29.9 Å². The molecule has 0 spiro atoms. The van der Waals surface area contributed by atoms with Gasteiger partial charge in [0.2, 0.25) is 5.91 Å². The highest BCUT2D eigenvalue weighted by atomic mass is 32.1. The molecule has 26 heavy (non-hydrogen) atoms. The van der Waals surface area contributed by atoms with E-state index in [4.69, 9.17) is 4.98 Å². The highest BCUT2D eigenvalue weighted by molar-refractivity contribution is 7.18. The third-order valence-corrected chi connectivity index (χ3v) is 5.78. The molecule has 2 aromatic rings. The maximum atomic E-state index is 12.3. The summed E-state index contributed by atoms with van der Waals surface area (Å²) < 4.78 is 1.20. The van der Waals surface area contributed by atoms with Crippen LogP contribution >= 0.6 is 11.3 Å². The molecule has 1 saturated heterocycles. The minimum absolute atomic E-state index is 0.0378. The van der Waals surface area contributed by atoms with E-state index in [2.05, 4.69) is 16.7 Å². The molecule has 6 nitrogen and oxygen atoms in total. The summed E-state index contributed by atoms with van der Waals surface area (Å²) in [5.41, 5.74) is 1.03. The van der Waals surface area contributed by atoms with Crippen molar-refractivity contribution in [3.63, 3.8) is 0 Å². The van der Waals surface area contributed by atoms with Crippen LogP contribution < -0.4 is 15.5 Å². The molecule has 1 aromatic carbocycles. The van der Waals surface area contributed by atoms with E-state index >= 15 is 0 Å². The van der Waals surface area contributed by atoms with Crippen LogP contribution in [0.15, 0.2) is 24.3 Å². The van der Waals surface area contributed by atoms with Gasteiger partial charge in [0.25, 0.3) is 5.91 Å². The molecule has 140 valence electrons. The van der Waals surface area contributed by atoms with Crippen molar-refractivity contribution in [2.24, 2.45) is 0 Å². The average molecular weight is 376 g/mol. The lowest BCUT2D eigenvalue weighted by Crippen LogP contribution is -3.14. The van der Waals surface area contributed by atoms with E-state index in [1.54, 1.807) is 11.3 Å². The Morgan fingerprint density at radius 1 is 1.27 bits per heavy atom. The lowest BCUT2D eigenvalue weighted by molar-refractivity contribution is -0.929. The summed E-state index contributed by atoms with van der Waals surface area (Å²) >= 11 is 1.73. The smallest absolute Gasteiger partial charge is 0.275 e. The van der Waals surface area contributed by atoms with Crippen molar-refractivity contribution in [2.45, 2.75) is 45.2 Å². The molecule has 2 heterocycles. The molecule has 2 amide bonds. The van der Waals surface area contributed by atoms with E-state index in [-0.39, 0.29) is 30.4 Å². The molecule has 1 aliphatic rings. The highest BCUT2D eigenvalue weighted by Crippen LogP contribution is 2.28. The number of thiazole rings is 1. The van der Waals surface area contributed by atoms with Gasteiger partial charge < -0.3 is 15.5 Å². The number of rotatable bonds is 6. The van der Waals surface area contributed by atoms with Crippen LogP contribution in [0.5, 0.6) is 0 Å². The first-order valence-corrected chi connectivity index (χ1v) is 10.1. The molecule has 1 unspecified atom stereocenters. The number of nitrogens with one attached hydrogen (secondary N) is 3. The number of aromatic nitrogens is 1. The first kappa shape index (κ1) is 18.8. The minimum atomic E-state index is -0.148. The number of para-hydroxylation sites is 1. The Morgan fingerprint density at radius 2 is 2.08 bits per heavy atom. The summed E-state index contributed by atoms with van der Waals surface area (Å²) in [5, 5.41) is 6.64. The van der Waals surface area contributed by atoms with Crippen LogP contribution in [0.25, 0.3) is 10.2 Å². The minimum Gasteiger partial charge on any atom is -0.352 e. The lowest BCUT2D eigenvalue weighted by atomic mass is 10.0. The van der Waals surface area contributed by atoms with Gasteiger partial charge >= 0.3 is 0 Å². The van der Waals surface area contributed by atoms with Crippen molar-refractivity contribution >= 4 is 33.4 Å². The number of quaternary nitrogens is 1. The van der Waals surface area contributed by atoms with Gasteiger partial charge in [-0.1, -0.05) is 12.1 Å². The van der Waals surface area contributed by atoms with Gasteiger partial charge in [-0.3, -0.25) is 9.59 Å². The molecule has 3 N–H and O–H groups in total. The Labute approximate surface area is 158 Å². The van der Waals surface area contributed by atoms with Crippen molar-refractivity contribution in [2.75, 3.05) is 19.6 Å². The quantitative estimate of drug-likeness (QED) is 0.706. The zero-order valence-corrected chi connectivity index (χ0v) is 16.2. The largest absolute Gasteiger partial charge is 0.352 e. The molecule has 1 aromatic heterocycles. The standard InChI is InChI=1S/C19H26N4O2S/c1-13(2)21-17(24)11-20-18(25)12-23-10-6-5-8-15(23)19-22-14-7-3-4-9-16(14)26-19/h3-4,7,9,13,15H,5-6,8,10-12H2,1-2H3,(H,20,25)(H,21,24)/p+1/t15-/m1/s1. The number of fused-ring (bicyclic) bond motifs is 1. The van der Waals surface area contributed by atoms with Gasteiger partial charge in [0.05, 0.1) is 23.3 Å². The van der Waals surface area contributed by atoms with E-state index in [0.29, 0.717) is 6.54 Å². The number of benzene rings is 1. The fourth-order valence-electron chi connectivity index (χ4n) is 3.45. The zero-order valence-electron chi connectivity index (χ0n) is 15.4. The first-order valence-electron chi connectivity index (χ1n) is 9.29. The predicted molar refractivity (Wildman–Crippen MR) is 103 cm³/mol. The van der Waals surface area contributed by atoms with Gasteiger partial charge in [-0.2, -0.15) is 0 Å². The van der Waals surface area contributed by atoms with Crippen molar-refractivity contribution in [1.29, 1.82) is 0 Å². The summed E-state index contributed by atoms with van der Waals surface area (Å²) in [7, 11) is 0. The molecule has 0 saturated carbocycles. The van der Waals surface area contributed by atoms with Crippen molar-refractivity contribution in [3.05, 3.63) is 29.3 Å². The van der Waals surface area contributed by atoms with Crippen LogP contribution in [-0.2, 0) is 9.59 Å². The molecule has 0 radical (unpaired) electrons. The Hall–Kier alpha value is -1.99. The lowest BCUT2D eigenvalue weighted by Gasteiger charge is -2.30. The number of likely N-dealkylation sites (tertiary alicyclic amines) is 1. The summed E-state index contributed by atoms with van der Waals surface area (Å²) in [4.78, 5) is 30.1. The zero-order chi connectivity index (χ0) is 18.5. The monoisotopic (exact) mass is 375 g/mol. The molecule has 0 bridgehead atoms. The Kier molecular flexibility index (Phi) is 6.21. The molecule has 2 atom stereocenters. The molecule has 3 rings (SSSR count). The molecular formula is C19H27N4O2S+. The summed E-state index contributed by atoms with van der Waals surface area (Å²) in [6.07, 6.45) is 3.34. The van der Waals surface area contributed by atoms with E-state index in [1.807, 2.05) is 32.0 Å². The third-order valence-electron chi connectivity index (χ3n) is 4.63. The molecule has 0 aliphatic carbocycles. The van der Waals surface area contributed by atoms with Crippen molar-refractivity contribution < 1.29 is 14.5 Å². The van der Waals surface area contributed by atoms with Gasteiger partial charge in [0.1, 0.15) is 6.04 Å². The fraction of sp³-hybridized carbons (Fsp3) is 0.526. The third kappa shape index (κ3) is 4.80. The van der Waals surface area contributed by atoms with Crippen molar-refractivity contribution in [1.82, 2.24) is 15.6 Å². The van der Waals surface area contributed by atoms with Crippen LogP contribution in [0, 0.1) is 0 Å². The molecular weight excluding hydrogens is 348 g/mol. The molecule has 7 heteroatoms. The van der Waals surface area contributed by atoms with E-state index in [9.17, 15) is 9.59 Å². The number of carbonyl (C=O) groups excluding carboxylic acids is 2. The second-order valence-corrected chi connectivity index (χ2v) is 8.21. The average Bonchev–Trinajstić information content (AvgIpc) is 3.04. The van der Waals surface area contributed by atoms with Gasteiger partial charge in [0, 0.05) is 12.5 Å². The Bertz CT molecular complexity index is 741. The first-order chi connectivity index (χ1) is 12.5. The molecule has 1 aliphatic heterocycles. The predicted octanol–water partition coefficient (Wildman–Crippen LogP) is 1.05. The topological polar surface area (TPSA) is 75.5 Å². The summed E-state index contributed by atoms with van der Waals surface area (Å²) in [5.74, 6) is -0.225. The van der Waals surface area contributed by atoms with Crippen LogP contribution in [0.2, 0.25) is 0 Å². The number of amides is 2. The van der Waals surface area contributed by atoms with E-state index in [1.165, 1.54) is 16.0 Å². The number of piperidine rings is 1. The Morgan fingerprint density at radius 3 is 2.85 bits per heavy atom. The molecule has 1 fully saturated rings. The fourth-order valence-corrected chi connectivity index (χ4v) is 4.61. The second kappa shape index (κ2) is 8.60. The van der Waals surface area contributed by atoms with Crippen LogP contribution in [0.3, 0.4) is 0 Å². The highest BCUT2D eigenvalue weighted by Gasteiger charge is 2.31. The van der Waals surface area contributed by atoms with Crippen LogP contribution in [0.1, 0.15) is 44.2 Å². The maximum absolute atomic E-state index is 12.3. The van der Waals surface area contributed by atoms with Gasteiger partial charge in [-0.05, 0) is 38.8 Å². The van der Waals surface area contributed by atoms with Gasteiger partial charge in [0.15, 0.2) is 11.6 Å². The summed E-state index contributed by atoms with van der Waals surface area (Å²) in [6, 6.07) is 8.52. The van der Waals surface area contributed by atoms with Crippen LogP contribution in [0.4, 0.5) is 0 Å². The number of hydrogen-bond donors (Lipinski definition) is 3. The van der Waals surface area contributed by atoms with Gasteiger partial charge in [-0.25, -0.2) is 4.98 Å². The summed E-state index contributed by atoms with van der Waals surface area (Å²) in [6.45, 7) is 5.19. The van der Waals surface area contributed by atoms with Gasteiger partial charge in [-0.15, -0.1) is 11.3 Å². The van der Waals surface area contributed by atoms with E-state index < -0.39 is 0 Å². The SMILES string of the molecule is CC(C)NC(=O)CNC(=O)C[NH+]1CCCC[C@@H]1c1nc2ccccc2s1. The Balaban J connectivity index is 1.61. The number of hydrogen-bond acceptors (Lipinski definition) is 4. The van der Waals surface area contributed by atoms with Crippen molar-refractivity contribution in [3.8, 4) is 0 Å². The maximum Gasteiger partial charge on any atom is 0.275 e.